The zero-order valence-electron chi connectivity index (χ0n) is 7.41. The van der Waals surface area contributed by atoms with E-state index < -0.39 is 0 Å². The lowest BCUT2D eigenvalue weighted by Crippen LogP contribution is -2.18. The van der Waals surface area contributed by atoms with E-state index in [0.29, 0.717) is 0 Å². The van der Waals surface area contributed by atoms with Gasteiger partial charge in [0.2, 0.25) is 16.3 Å². The number of rotatable bonds is 0. The van der Waals surface area contributed by atoms with Crippen LogP contribution in [0.5, 0.6) is 0 Å². The highest BCUT2D eigenvalue weighted by molar-refractivity contribution is 6.42. The number of hydrogen-bond donors (Lipinski definition) is 0. The first kappa shape index (κ1) is 9.26. The number of aryl methyl sites for hydroxylation is 1. The van der Waals surface area contributed by atoms with Crippen molar-refractivity contribution < 1.29 is 0 Å². The largest absolute Gasteiger partial charge is 0.274 e. The lowest BCUT2D eigenvalue weighted by molar-refractivity contribution is 1.45. The summed E-state index contributed by atoms with van der Waals surface area (Å²) in [6, 6.07) is 8.26. The Labute approximate surface area is 94.0 Å². The van der Waals surface area contributed by atoms with E-state index in [-0.39, 0.29) is 0 Å². The molecule has 58 valence electrons. The number of nitrogens with zero attached hydrogens (tertiary/aromatic N) is 1. The minimum atomic E-state index is 0.989. The van der Waals surface area contributed by atoms with Gasteiger partial charge in [0.1, 0.15) is 0 Å². The maximum absolute atomic E-state index is 4.45. The van der Waals surface area contributed by atoms with Crippen LogP contribution in [-0.2, 0) is 0 Å². The van der Waals surface area contributed by atoms with Gasteiger partial charge in [-0.05, 0) is 23.9 Å². The Morgan fingerprint density at radius 3 is 2.77 bits per heavy atom. The van der Waals surface area contributed by atoms with E-state index in [0.717, 1.165) is 10.1 Å². The van der Waals surface area contributed by atoms with Crippen LogP contribution in [0.4, 0.5) is 0 Å². The Bertz CT molecular complexity index is 466. The van der Waals surface area contributed by atoms with Crippen molar-refractivity contribution in [2.75, 3.05) is 0 Å². The van der Waals surface area contributed by atoms with Crippen molar-refractivity contribution in [2.45, 2.75) is 6.92 Å². The minimum Gasteiger partial charge on any atom is -0.274 e. The maximum atomic E-state index is 4.45. The molecule has 0 unspecified atom stereocenters. The molecule has 2 aromatic rings. The van der Waals surface area contributed by atoms with Gasteiger partial charge in [0.15, 0.2) is 16.3 Å². The smallest absolute Gasteiger partial charge is 0.209 e. The van der Waals surface area contributed by atoms with Gasteiger partial charge in [-0.25, -0.2) is 0 Å². The molecule has 0 bridgehead atoms. The van der Waals surface area contributed by atoms with Gasteiger partial charge in [0, 0.05) is 0 Å². The zero-order chi connectivity index (χ0) is 9.42. The standard InChI is InChI=1S/C10H7N.2Al/c1-8-4-2-6-10-9(8)5-3-7-11-10;;/h2-4,6H,1H3;;. The topological polar surface area (TPSA) is 12.9 Å². The summed E-state index contributed by atoms with van der Waals surface area (Å²) in [6.45, 7) is 2.11. The molecule has 0 saturated carbocycles. The number of pyridine rings is 1. The van der Waals surface area contributed by atoms with Crippen LogP contribution in [-0.4, -0.2) is 37.6 Å². The third-order valence-electron chi connectivity index (χ3n) is 2.09. The summed E-state index contributed by atoms with van der Waals surface area (Å²) in [5.74, 6) is 0. The average molecular weight is 195 g/mol. The van der Waals surface area contributed by atoms with E-state index >= 15 is 0 Å². The summed E-state index contributed by atoms with van der Waals surface area (Å²) in [4.78, 5) is 4.45. The fourth-order valence-electron chi connectivity index (χ4n) is 1.52. The third kappa shape index (κ3) is 1.66. The zero-order valence-corrected chi connectivity index (χ0v) is 9.72. The number of fused-ring (bicyclic) bond motifs is 1. The molecule has 1 aromatic carbocycles. The predicted molar refractivity (Wildman–Crippen MR) is 57.3 cm³/mol. The molecule has 0 aliphatic rings. The van der Waals surface area contributed by atoms with Gasteiger partial charge in [-0.1, -0.05) is 22.8 Å². The number of hydrogen-bond acceptors (Lipinski definition) is 1. The van der Waals surface area contributed by atoms with E-state index in [9.17, 15) is 0 Å². The molecular weight excluding hydrogens is 188 g/mol. The van der Waals surface area contributed by atoms with Crippen molar-refractivity contribution in [1.29, 1.82) is 0 Å². The number of aromatic nitrogens is 1. The second-order valence-corrected chi connectivity index (χ2v) is 4.32. The Morgan fingerprint density at radius 1 is 1.23 bits per heavy atom. The Kier molecular flexibility index (Phi) is 2.46. The first-order valence-corrected chi connectivity index (χ1v) is 5.25. The van der Waals surface area contributed by atoms with Crippen LogP contribution >= 0.6 is 0 Å². The fourth-order valence-corrected chi connectivity index (χ4v) is 2.58. The predicted octanol–water partition coefficient (Wildman–Crippen LogP) is 0.131. The van der Waals surface area contributed by atoms with E-state index in [4.69, 9.17) is 0 Å². The van der Waals surface area contributed by atoms with Crippen LogP contribution in [0, 0.1) is 6.92 Å². The van der Waals surface area contributed by atoms with Crippen LogP contribution in [0.3, 0.4) is 0 Å². The van der Waals surface area contributed by atoms with Crippen molar-refractivity contribution in [3.8, 4) is 0 Å². The molecule has 0 saturated heterocycles. The molecule has 4 radical (unpaired) electrons. The van der Waals surface area contributed by atoms with Gasteiger partial charge in [-0.3, -0.25) is 4.98 Å². The van der Waals surface area contributed by atoms with Crippen LogP contribution in [0.15, 0.2) is 24.3 Å². The van der Waals surface area contributed by atoms with Crippen molar-refractivity contribution in [2.24, 2.45) is 0 Å². The van der Waals surface area contributed by atoms with Crippen molar-refractivity contribution >= 4 is 52.5 Å². The summed E-state index contributed by atoms with van der Waals surface area (Å²) in [5.41, 5.74) is 2.34. The summed E-state index contributed by atoms with van der Waals surface area (Å²) >= 11 is 5.39. The first-order valence-electron chi connectivity index (χ1n) is 4.10. The highest BCUT2D eigenvalue weighted by Crippen LogP contribution is 2.11. The molecule has 3 heteroatoms. The van der Waals surface area contributed by atoms with Crippen LogP contribution in [0.2, 0.25) is 0 Å². The van der Waals surface area contributed by atoms with Crippen molar-refractivity contribution in [1.82, 2.24) is 4.98 Å². The van der Waals surface area contributed by atoms with Crippen LogP contribution < -0.4 is 8.98 Å². The van der Waals surface area contributed by atoms with Gasteiger partial charge in [0.25, 0.3) is 0 Å². The molecule has 0 N–H and O–H groups in total. The van der Waals surface area contributed by atoms with E-state index in [2.05, 4.69) is 56.6 Å². The quantitative estimate of drug-likeness (QED) is 0.544. The highest BCUT2D eigenvalue weighted by Gasteiger charge is 2.00. The van der Waals surface area contributed by atoms with E-state index in [1.54, 1.807) is 0 Å². The molecule has 1 heterocycles. The minimum absolute atomic E-state index is 0.989. The molecule has 13 heavy (non-hydrogen) atoms. The van der Waals surface area contributed by atoms with E-state index in [1.807, 2.05) is 12.1 Å². The van der Waals surface area contributed by atoms with Gasteiger partial charge in [0.05, 0.1) is 5.52 Å². The Balaban J connectivity index is 2.94. The monoisotopic (exact) mass is 195 g/mol. The molecule has 0 amide bonds. The molecule has 1 aromatic heterocycles. The fraction of sp³-hybridized carbons (Fsp3) is 0.100. The molecule has 0 aliphatic carbocycles. The van der Waals surface area contributed by atoms with Crippen molar-refractivity contribution in [3.05, 3.63) is 29.8 Å². The van der Waals surface area contributed by atoms with Crippen LogP contribution in [0.1, 0.15) is 5.56 Å². The SMILES string of the molecule is Cc1cccc2n[c]([Al])c[c]([Al])c12. The molecule has 1 nitrogen and oxygen atoms in total. The van der Waals surface area contributed by atoms with Gasteiger partial charge < -0.3 is 0 Å². The molecule has 0 fully saturated rings. The summed E-state index contributed by atoms with van der Waals surface area (Å²) < 4.78 is 2.20. The summed E-state index contributed by atoms with van der Waals surface area (Å²) in [5, 5.41) is 1.25. The third-order valence-corrected chi connectivity index (χ3v) is 2.84. The molecule has 2 rings (SSSR count). The molecule has 0 atom stereocenters. The Morgan fingerprint density at radius 2 is 2.00 bits per heavy atom. The van der Waals surface area contributed by atoms with E-state index in [1.165, 1.54) is 15.4 Å². The average Bonchev–Trinajstić information content (AvgIpc) is 2.02. The first-order chi connectivity index (χ1) is 6.18. The van der Waals surface area contributed by atoms with Gasteiger partial charge in [-0.15, -0.1) is 4.43 Å². The molecule has 0 aliphatic heterocycles. The normalized spacial score (nSPS) is 10.5. The summed E-state index contributed by atoms with van der Waals surface area (Å²) in [6.07, 6.45) is 0. The number of benzene rings is 1. The highest BCUT2D eigenvalue weighted by atomic mass is 27.1. The molecular formula is C10H7Al2N. The maximum Gasteiger partial charge on any atom is 0.209 e. The lowest BCUT2D eigenvalue weighted by atomic mass is 10.1. The van der Waals surface area contributed by atoms with Crippen LogP contribution in [0.25, 0.3) is 10.9 Å². The summed E-state index contributed by atoms with van der Waals surface area (Å²) in [7, 11) is 0. The van der Waals surface area contributed by atoms with Gasteiger partial charge in [-0.2, -0.15) is 0 Å². The Hall–Kier alpha value is -0.305. The second kappa shape index (κ2) is 3.45. The van der Waals surface area contributed by atoms with Crippen molar-refractivity contribution in [3.63, 3.8) is 0 Å². The lowest BCUT2D eigenvalue weighted by Gasteiger charge is -2.07. The second-order valence-electron chi connectivity index (χ2n) is 3.11. The van der Waals surface area contributed by atoms with Gasteiger partial charge >= 0.3 is 0 Å². The molecule has 0 spiro atoms.